The fourth-order valence-electron chi connectivity index (χ4n) is 1.64. The highest BCUT2D eigenvalue weighted by atomic mass is 16.4. The van der Waals surface area contributed by atoms with Crippen LogP contribution in [0.15, 0.2) is 24.3 Å². The number of hydrogen-bond donors (Lipinski definition) is 2. The molecule has 1 atom stereocenters. The van der Waals surface area contributed by atoms with E-state index in [2.05, 4.69) is 26.1 Å². The van der Waals surface area contributed by atoms with Crippen LogP contribution in [0.2, 0.25) is 0 Å². The predicted molar refractivity (Wildman–Crippen MR) is 70.1 cm³/mol. The van der Waals surface area contributed by atoms with Crippen LogP contribution in [0.25, 0.3) is 0 Å². The molecule has 1 rings (SSSR count). The van der Waals surface area contributed by atoms with Crippen LogP contribution in [0.3, 0.4) is 0 Å². The highest BCUT2D eigenvalue weighted by Gasteiger charge is 2.18. The maximum atomic E-state index is 11.9. The topological polar surface area (TPSA) is 66.4 Å². The quantitative estimate of drug-likeness (QED) is 0.809. The van der Waals surface area contributed by atoms with Gasteiger partial charge in [-0.25, -0.2) is 4.79 Å². The number of benzene rings is 1. The van der Waals surface area contributed by atoms with Crippen LogP contribution in [0.1, 0.15) is 43.6 Å². The number of carbonyl (C=O) groups excluding carboxylic acids is 1. The molecule has 4 nitrogen and oxygen atoms in total. The first-order chi connectivity index (χ1) is 8.21. The van der Waals surface area contributed by atoms with Crippen molar-refractivity contribution in [2.45, 2.75) is 39.2 Å². The van der Waals surface area contributed by atoms with Crippen molar-refractivity contribution in [3.8, 4) is 0 Å². The lowest BCUT2D eigenvalue weighted by molar-refractivity contribution is 0.0945. The molecule has 2 N–H and O–H groups in total. The van der Waals surface area contributed by atoms with Gasteiger partial charge >= 0.3 is 6.09 Å². The summed E-state index contributed by atoms with van der Waals surface area (Å²) < 4.78 is 0. The number of ketones is 1. The summed E-state index contributed by atoms with van der Waals surface area (Å²) in [6, 6.07) is 6.55. The fraction of sp³-hybridized carbons (Fsp3) is 0.429. The lowest BCUT2D eigenvalue weighted by atomic mass is 9.86. The van der Waals surface area contributed by atoms with Gasteiger partial charge in [0, 0.05) is 5.56 Å². The van der Waals surface area contributed by atoms with E-state index in [1.165, 1.54) is 6.92 Å². The van der Waals surface area contributed by atoms with Crippen molar-refractivity contribution in [2.75, 3.05) is 0 Å². The molecule has 0 aromatic heterocycles. The van der Waals surface area contributed by atoms with Crippen molar-refractivity contribution in [3.05, 3.63) is 35.4 Å². The molecule has 0 heterocycles. The second-order valence-corrected chi connectivity index (χ2v) is 5.36. The van der Waals surface area contributed by atoms with Gasteiger partial charge in [-0.1, -0.05) is 45.0 Å². The first-order valence-electron chi connectivity index (χ1n) is 5.86. The average molecular weight is 249 g/mol. The van der Waals surface area contributed by atoms with Gasteiger partial charge in [-0.05, 0) is 17.9 Å². The number of amides is 1. The van der Waals surface area contributed by atoms with Gasteiger partial charge in [0.2, 0.25) is 0 Å². The van der Waals surface area contributed by atoms with E-state index in [-0.39, 0.29) is 11.2 Å². The van der Waals surface area contributed by atoms with Gasteiger partial charge in [0.25, 0.3) is 0 Å². The maximum absolute atomic E-state index is 11.9. The highest BCUT2D eigenvalue weighted by Crippen LogP contribution is 2.22. The maximum Gasteiger partial charge on any atom is 0.405 e. The third kappa shape index (κ3) is 3.58. The highest BCUT2D eigenvalue weighted by molar-refractivity contribution is 6.01. The Morgan fingerprint density at radius 1 is 1.17 bits per heavy atom. The van der Waals surface area contributed by atoms with E-state index in [0.29, 0.717) is 5.56 Å². The van der Waals surface area contributed by atoms with Crippen molar-refractivity contribution in [1.29, 1.82) is 0 Å². The normalized spacial score (nSPS) is 12.9. The molecule has 0 fully saturated rings. The van der Waals surface area contributed by atoms with Crippen LogP contribution >= 0.6 is 0 Å². The van der Waals surface area contributed by atoms with Gasteiger partial charge in [0.1, 0.15) is 0 Å². The summed E-state index contributed by atoms with van der Waals surface area (Å²) in [6.45, 7) is 7.82. The Kier molecular flexibility index (Phi) is 4.11. The molecule has 0 aliphatic rings. The van der Waals surface area contributed by atoms with Gasteiger partial charge in [0.05, 0.1) is 6.04 Å². The zero-order valence-electron chi connectivity index (χ0n) is 11.2. The van der Waals surface area contributed by atoms with Gasteiger partial charge < -0.3 is 10.4 Å². The number of nitrogens with one attached hydrogen (secondary N) is 1. The Morgan fingerprint density at radius 3 is 2.06 bits per heavy atom. The summed E-state index contributed by atoms with van der Waals surface area (Å²) in [5.74, 6) is -0.224. The van der Waals surface area contributed by atoms with Gasteiger partial charge in [-0.3, -0.25) is 4.79 Å². The zero-order chi connectivity index (χ0) is 13.9. The van der Waals surface area contributed by atoms with Crippen molar-refractivity contribution in [3.63, 3.8) is 0 Å². The second kappa shape index (κ2) is 5.21. The fourth-order valence-corrected chi connectivity index (χ4v) is 1.64. The van der Waals surface area contributed by atoms with E-state index in [1.54, 1.807) is 12.1 Å². The standard InChI is InChI=1S/C14H19NO3/c1-9(15-13(17)18)12(16)10-5-7-11(8-6-10)14(2,3)4/h5-9,15H,1-4H3,(H,17,18)/t9-/m0/s1. The molecular weight excluding hydrogens is 230 g/mol. The van der Waals surface area contributed by atoms with Crippen LogP contribution in [0.5, 0.6) is 0 Å². The number of hydrogen-bond acceptors (Lipinski definition) is 2. The van der Waals surface area contributed by atoms with E-state index in [1.807, 2.05) is 12.1 Å². The minimum absolute atomic E-state index is 0.0342. The van der Waals surface area contributed by atoms with E-state index >= 15 is 0 Å². The van der Waals surface area contributed by atoms with Crippen LogP contribution in [0, 0.1) is 0 Å². The third-order valence-electron chi connectivity index (χ3n) is 2.77. The average Bonchev–Trinajstić information content (AvgIpc) is 2.26. The molecule has 0 radical (unpaired) electrons. The minimum atomic E-state index is -1.19. The molecule has 0 spiro atoms. The molecule has 98 valence electrons. The van der Waals surface area contributed by atoms with E-state index < -0.39 is 12.1 Å². The molecule has 1 aromatic rings. The Hall–Kier alpha value is -1.84. The summed E-state index contributed by atoms with van der Waals surface area (Å²) in [7, 11) is 0. The van der Waals surface area contributed by atoms with Crippen molar-refractivity contribution in [1.82, 2.24) is 5.32 Å². The minimum Gasteiger partial charge on any atom is -0.465 e. The molecule has 0 saturated heterocycles. The molecule has 0 bridgehead atoms. The van der Waals surface area contributed by atoms with Crippen molar-refractivity contribution >= 4 is 11.9 Å². The van der Waals surface area contributed by atoms with Crippen LogP contribution in [-0.4, -0.2) is 23.0 Å². The number of rotatable bonds is 3. The monoisotopic (exact) mass is 249 g/mol. The van der Waals surface area contributed by atoms with Crippen LogP contribution in [0.4, 0.5) is 4.79 Å². The summed E-state index contributed by atoms with van der Waals surface area (Å²) in [4.78, 5) is 22.4. The second-order valence-electron chi connectivity index (χ2n) is 5.36. The zero-order valence-corrected chi connectivity index (χ0v) is 11.2. The Bertz CT molecular complexity index is 443. The summed E-state index contributed by atoms with van der Waals surface area (Å²) in [5.41, 5.74) is 1.69. The lowest BCUT2D eigenvalue weighted by Crippen LogP contribution is -2.37. The summed E-state index contributed by atoms with van der Waals surface area (Å²) >= 11 is 0. The summed E-state index contributed by atoms with van der Waals surface area (Å²) in [5, 5.41) is 10.7. The van der Waals surface area contributed by atoms with Gasteiger partial charge in [-0.2, -0.15) is 0 Å². The van der Waals surface area contributed by atoms with Crippen molar-refractivity contribution < 1.29 is 14.7 Å². The molecule has 0 unspecified atom stereocenters. The molecule has 18 heavy (non-hydrogen) atoms. The Morgan fingerprint density at radius 2 is 1.67 bits per heavy atom. The van der Waals surface area contributed by atoms with E-state index in [4.69, 9.17) is 5.11 Å². The molecular formula is C14H19NO3. The molecule has 0 saturated carbocycles. The molecule has 4 heteroatoms. The largest absolute Gasteiger partial charge is 0.465 e. The SMILES string of the molecule is C[C@H](NC(=O)O)C(=O)c1ccc(C(C)(C)C)cc1. The van der Waals surface area contributed by atoms with E-state index in [0.717, 1.165) is 5.56 Å². The molecule has 1 amide bonds. The van der Waals surface area contributed by atoms with Crippen molar-refractivity contribution in [2.24, 2.45) is 0 Å². The third-order valence-corrected chi connectivity index (χ3v) is 2.77. The van der Waals surface area contributed by atoms with Gasteiger partial charge in [0.15, 0.2) is 5.78 Å². The lowest BCUT2D eigenvalue weighted by Gasteiger charge is -2.19. The van der Waals surface area contributed by atoms with Crippen LogP contribution < -0.4 is 5.32 Å². The molecule has 1 aromatic carbocycles. The number of carbonyl (C=O) groups is 2. The first kappa shape index (κ1) is 14.2. The number of Topliss-reactive ketones (excluding diaryl/α,β-unsaturated/α-hetero) is 1. The summed E-state index contributed by atoms with van der Waals surface area (Å²) in [6.07, 6.45) is -1.19. The molecule has 0 aliphatic carbocycles. The Labute approximate surface area is 107 Å². The van der Waals surface area contributed by atoms with Crippen LogP contribution in [-0.2, 0) is 5.41 Å². The smallest absolute Gasteiger partial charge is 0.405 e. The Balaban J connectivity index is 2.85. The number of carboxylic acid groups (broad SMARTS) is 1. The first-order valence-corrected chi connectivity index (χ1v) is 5.86. The molecule has 0 aliphatic heterocycles. The van der Waals surface area contributed by atoms with Gasteiger partial charge in [-0.15, -0.1) is 0 Å². The predicted octanol–water partition coefficient (Wildman–Crippen LogP) is 2.82. The van der Waals surface area contributed by atoms with E-state index in [9.17, 15) is 9.59 Å².